The fraction of sp³-hybridized carbons (Fsp3) is 0. The van der Waals surface area contributed by atoms with Crippen molar-refractivity contribution in [1.29, 1.82) is 0 Å². The molecular weight excluding hydrogens is 334 g/mol. The second kappa shape index (κ2) is 5.72. The summed E-state index contributed by atoms with van der Waals surface area (Å²) in [4.78, 5) is -0.0502. The van der Waals surface area contributed by atoms with E-state index in [1.807, 2.05) is 36.4 Å². The van der Waals surface area contributed by atoms with E-state index in [1.54, 1.807) is 12.1 Å². The Bertz CT molecular complexity index is 857. The van der Waals surface area contributed by atoms with Crippen LogP contribution in [0.25, 0.3) is 21.5 Å². The van der Waals surface area contributed by atoms with Crippen LogP contribution in [-0.4, -0.2) is 71.2 Å². The van der Waals surface area contributed by atoms with Crippen molar-refractivity contribution in [3.63, 3.8) is 0 Å². The first-order valence-electron chi connectivity index (χ1n) is 5.45. The Labute approximate surface area is 160 Å². The van der Waals surface area contributed by atoms with Crippen LogP contribution in [0, 0.1) is 0 Å². The van der Waals surface area contributed by atoms with E-state index < -0.39 is 10.1 Å². The van der Waals surface area contributed by atoms with Crippen LogP contribution in [0.5, 0.6) is 0 Å². The fourth-order valence-corrected chi connectivity index (χ4v) is 2.87. The molecule has 91 valence electrons. The summed E-state index contributed by atoms with van der Waals surface area (Å²) in [5.74, 6) is 0. The second-order valence-electron chi connectivity index (χ2n) is 4.15. The van der Waals surface area contributed by atoms with Crippen LogP contribution >= 0.6 is 0 Å². The SMILES string of the molecule is O=S(=O)(O)c1cccc2cc3ccccc3cc12.[Rb]. The topological polar surface area (TPSA) is 54.4 Å². The zero-order valence-corrected chi connectivity index (χ0v) is 16.1. The third-order valence-corrected chi connectivity index (χ3v) is 3.90. The molecule has 0 heterocycles. The number of benzene rings is 3. The van der Waals surface area contributed by atoms with E-state index in [0.717, 1.165) is 16.2 Å². The quantitative estimate of drug-likeness (QED) is 0.546. The molecule has 0 bridgehead atoms. The molecule has 0 atom stereocenters. The van der Waals surface area contributed by atoms with E-state index in [1.165, 1.54) is 6.07 Å². The molecule has 0 saturated carbocycles. The molecule has 0 aliphatic carbocycles. The van der Waals surface area contributed by atoms with Crippen LogP contribution in [-0.2, 0) is 10.1 Å². The van der Waals surface area contributed by atoms with Gasteiger partial charge in [0.25, 0.3) is 10.1 Å². The van der Waals surface area contributed by atoms with Crippen molar-refractivity contribution in [2.24, 2.45) is 0 Å². The molecule has 1 N–H and O–H groups in total. The normalized spacial score (nSPS) is 11.4. The van der Waals surface area contributed by atoms with Gasteiger partial charge in [-0.25, -0.2) is 0 Å². The van der Waals surface area contributed by atoms with Crippen molar-refractivity contribution in [2.45, 2.75) is 4.90 Å². The number of hydrogen-bond acceptors (Lipinski definition) is 2. The van der Waals surface area contributed by atoms with Crippen molar-refractivity contribution < 1.29 is 13.0 Å². The van der Waals surface area contributed by atoms with Crippen molar-refractivity contribution >= 4 is 89.9 Å². The molecule has 0 fully saturated rings. The Kier molecular flexibility index (Phi) is 4.60. The van der Waals surface area contributed by atoms with Crippen molar-refractivity contribution in [2.75, 3.05) is 0 Å². The van der Waals surface area contributed by atoms with Gasteiger partial charge in [0.05, 0.1) is 0 Å². The molecule has 5 heteroatoms. The largest absolute Gasteiger partial charge is 0.295 e. The Morgan fingerprint density at radius 2 is 1.37 bits per heavy atom. The van der Waals surface area contributed by atoms with E-state index in [4.69, 9.17) is 0 Å². The summed E-state index contributed by atoms with van der Waals surface area (Å²) < 4.78 is 31.9. The van der Waals surface area contributed by atoms with E-state index in [9.17, 15) is 13.0 Å². The van der Waals surface area contributed by atoms with Crippen LogP contribution in [0.3, 0.4) is 0 Å². The number of hydrogen-bond donors (Lipinski definition) is 1. The summed E-state index contributed by atoms with van der Waals surface area (Å²) >= 11 is 0. The number of rotatable bonds is 1. The molecule has 0 unspecified atom stereocenters. The summed E-state index contributed by atoms with van der Waals surface area (Å²) in [5.41, 5.74) is 0. The molecule has 1 radical (unpaired) electrons. The molecule has 3 aromatic carbocycles. The molecule has 0 saturated heterocycles. The Morgan fingerprint density at radius 1 is 0.789 bits per heavy atom. The van der Waals surface area contributed by atoms with E-state index >= 15 is 0 Å². The molecule has 0 spiro atoms. The third kappa shape index (κ3) is 2.99. The minimum Gasteiger partial charge on any atom is -0.282 e. The molecular formula is C14H10O3RbS. The van der Waals surface area contributed by atoms with Gasteiger partial charge in [-0.05, 0) is 34.4 Å². The van der Waals surface area contributed by atoms with Gasteiger partial charge in [-0.3, -0.25) is 4.55 Å². The van der Waals surface area contributed by atoms with E-state index in [-0.39, 0.29) is 63.1 Å². The van der Waals surface area contributed by atoms with Gasteiger partial charge in [-0.2, -0.15) is 8.42 Å². The summed E-state index contributed by atoms with van der Waals surface area (Å²) in [6.45, 7) is 0. The first-order chi connectivity index (χ1) is 8.55. The van der Waals surface area contributed by atoms with Crippen molar-refractivity contribution in [1.82, 2.24) is 0 Å². The van der Waals surface area contributed by atoms with Crippen LogP contribution in [0.2, 0.25) is 0 Å². The summed E-state index contributed by atoms with van der Waals surface area (Å²) in [6, 6.07) is 16.3. The fourth-order valence-electron chi connectivity index (χ4n) is 2.16. The minimum absolute atomic E-state index is 0. The van der Waals surface area contributed by atoms with Gasteiger partial charge in [0, 0.05) is 63.6 Å². The monoisotopic (exact) mass is 343 g/mol. The molecule has 3 rings (SSSR count). The van der Waals surface area contributed by atoms with Gasteiger partial charge >= 0.3 is 0 Å². The van der Waals surface area contributed by atoms with Gasteiger partial charge < -0.3 is 0 Å². The Morgan fingerprint density at radius 3 is 2.00 bits per heavy atom. The average Bonchev–Trinajstić information content (AvgIpc) is 2.34. The van der Waals surface area contributed by atoms with Gasteiger partial charge in [0.2, 0.25) is 0 Å². The van der Waals surface area contributed by atoms with E-state index in [2.05, 4.69) is 0 Å². The maximum absolute atomic E-state index is 11.3. The zero-order valence-electron chi connectivity index (χ0n) is 10.4. The average molecular weight is 344 g/mol. The van der Waals surface area contributed by atoms with Gasteiger partial charge in [0.15, 0.2) is 0 Å². The zero-order chi connectivity index (χ0) is 12.8. The Balaban J connectivity index is 0.00000133. The van der Waals surface area contributed by atoms with Crippen molar-refractivity contribution in [3.8, 4) is 0 Å². The van der Waals surface area contributed by atoms with Gasteiger partial charge in [-0.1, -0.05) is 36.4 Å². The molecule has 3 nitrogen and oxygen atoms in total. The van der Waals surface area contributed by atoms with Crippen LogP contribution < -0.4 is 0 Å². The predicted molar refractivity (Wildman–Crippen MR) is 77.0 cm³/mol. The molecule has 19 heavy (non-hydrogen) atoms. The molecule has 0 aliphatic heterocycles. The summed E-state index contributed by atoms with van der Waals surface area (Å²) in [7, 11) is -4.20. The smallest absolute Gasteiger partial charge is 0.282 e. The maximum Gasteiger partial charge on any atom is 0.295 e. The first-order valence-corrected chi connectivity index (χ1v) is 6.89. The summed E-state index contributed by atoms with van der Waals surface area (Å²) in [5, 5.41) is 3.32. The molecule has 3 aromatic rings. The second-order valence-corrected chi connectivity index (χ2v) is 5.54. The van der Waals surface area contributed by atoms with Gasteiger partial charge in [0.1, 0.15) is 4.90 Å². The summed E-state index contributed by atoms with van der Waals surface area (Å²) in [6.07, 6.45) is 0. The number of fused-ring (bicyclic) bond motifs is 2. The van der Waals surface area contributed by atoms with Crippen LogP contribution in [0.15, 0.2) is 59.5 Å². The van der Waals surface area contributed by atoms with E-state index in [0.29, 0.717) is 5.39 Å². The molecule has 0 amide bonds. The predicted octanol–water partition coefficient (Wildman–Crippen LogP) is 2.86. The maximum atomic E-state index is 11.3. The van der Waals surface area contributed by atoms with Crippen molar-refractivity contribution in [3.05, 3.63) is 54.6 Å². The van der Waals surface area contributed by atoms with Gasteiger partial charge in [-0.15, -0.1) is 0 Å². The third-order valence-electron chi connectivity index (χ3n) is 2.98. The Hall–Kier alpha value is -0.105. The van der Waals surface area contributed by atoms with Crippen LogP contribution in [0.1, 0.15) is 0 Å². The standard InChI is InChI=1S/C14H10O3S.Rb/c15-18(16,17)14-7-3-6-12-8-10-4-1-2-5-11(10)9-13(12)14;/h1-9H,(H,15,16,17);. The van der Waals surface area contributed by atoms with Crippen LogP contribution in [0.4, 0.5) is 0 Å². The first kappa shape index (κ1) is 15.3. The molecule has 0 aromatic heterocycles. The molecule has 0 aliphatic rings. The minimum atomic E-state index is -4.20.